The Morgan fingerprint density at radius 2 is 2.10 bits per heavy atom. The average molecular weight is 276 g/mol. The summed E-state index contributed by atoms with van der Waals surface area (Å²) in [5.41, 5.74) is 0.714. The van der Waals surface area contributed by atoms with Gasteiger partial charge >= 0.3 is 5.97 Å². The summed E-state index contributed by atoms with van der Waals surface area (Å²) in [4.78, 5) is 22.5. The molecule has 1 heterocycles. The molecule has 5 heteroatoms. The number of aromatic nitrogens is 1. The number of nitrogens with zero attached hydrogens (tertiary/aromatic N) is 1. The summed E-state index contributed by atoms with van der Waals surface area (Å²) in [7, 11) is 0. The lowest BCUT2D eigenvalue weighted by atomic mass is 9.95. The van der Waals surface area contributed by atoms with Crippen LogP contribution in [0.25, 0.3) is 6.08 Å². The molecule has 1 aromatic heterocycles. The van der Waals surface area contributed by atoms with Crippen molar-refractivity contribution in [2.24, 2.45) is 0 Å². The van der Waals surface area contributed by atoms with Crippen LogP contribution in [0.3, 0.4) is 0 Å². The van der Waals surface area contributed by atoms with Gasteiger partial charge in [-0.05, 0) is 31.1 Å². The second-order valence-electron chi connectivity index (χ2n) is 5.13. The number of rotatable bonds is 5. The Bertz CT molecular complexity index is 499. The van der Waals surface area contributed by atoms with Gasteiger partial charge in [0.1, 0.15) is 6.54 Å². The Kier molecular flexibility index (Phi) is 4.98. The van der Waals surface area contributed by atoms with Gasteiger partial charge < -0.3 is 15.0 Å². The van der Waals surface area contributed by atoms with E-state index in [1.807, 2.05) is 0 Å². The van der Waals surface area contributed by atoms with Crippen molar-refractivity contribution in [1.82, 2.24) is 9.88 Å². The molecule has 2 rings (SSSR count). The van der Waals surface area contributed by atoms with Gasteiger partial charge in [0, 0.05) is 24.0 Å². The lowest BCUT2D eigenvalue weighted by Gasteiger charge is -2.23. The van der Waals surface area contributed by atoms with Crippen molar-refractivity contribution in [3.8, 4) is 0 Å². The molecule has 1 fully saturated rings. The number of nitrogens with one attached hydrogen (secondary N) is 1. The first-order valence-electron chi connectivity index (χ1n) is 7.00. The van der Waals surface area contributed by atoms with Crippen molar-refractivity contribution in [2.75, 3.05) is 0 Å². The summed E-state index contributed by atoms with van der Waals surface area (Å²) >= 11 is 0. The molecule has 0 aromatic carbocycles. The zero-order chi connectivity index (χ0) is 14.4. The molecule has 1 aliphatic rings. The molecule has 1 aromatic rings. The molecule has 0 spiro atoms. The molecule has 1 aliphatic carbocycles. The highest BCUT2D eigenvalue weighted by Crippen LogP contribution is 2.17. The third kappa shape index (κ3) is 4.26. The van der Waals surface area contributed by atoms with Crippen LogP contribution in [0.2, 0.25) is 0 Å². The van der Waals surface area contributed by atoms with E-state index in [9.17, 15) is 9.59 Å². The minimum absolute atomic E-state index is 0.0157. The largest absolute Gasteiger partial charge is 0.478 e. The Morgan fingerprint density at radius 1 is 1.35 bits per heavy atom. The lowest BCUT2D eigenvalue weighted by Crippen LogP contribution is -2.38. The fraction of sp³-hybridized carbons (Fsp3) is 0.467. The van der Waals surface area contributed by atoms with E-state index >= 15 is 0 Å². The Morgan fingerprint density at radius 3 is 2.80 bits per heavy atom. The molecular weight excluding hydrogens is 256 g/mol. The molecule has 2 N–H and O–H groups in total. The number of carboxylic acid groups (broad SMARTS) is 1. The van der Waals surface area contributed by atoms with Crippen LogP contribution < -0.4 is 5.32 Å². The maximum Gasteiger partial charge on any atom is 0.328 e. The van der Waals surface area contributed by atoms with Gasteiger partial charge in [0.2, 0.25) is 5.91 Å². The Hall–Kier alpha value is -2.04. The summed E-state index contributed by atoms with van der Waals surface area (Å²) in [6, 6.07) is 3.88. The van der Waals surface area contributed by atoms with E-state index in [0.29, 0.717) is 11.7 Å². The fourth-order valence-corrected chi connectivity index (χ4v) is 2.55. The van der Waals surface area contributed by atoms with Gasteiger partial charge in [0.15, 0.2) is 0 Å². The van der Waals surface area contributed by atoms with Crippen LogP contribution in [0.1, 0.15) is 37.8 Å². The molecule has 0 aliphatic heterocycles. The van der Waals surface area contributed by atoms with E-state index in [4.69, 9.17) is 5.11 Å². The molecule has 1 saturated carbocycles. The highest BCUT2D eigenvalue weighted by Gasteiger charge is 2.15. The van der Waals surface area contributed by atoms with Gasteiger partial charge in [-0.25, -0.2) is 4.79 Å². The van der Waals surface area contributed by atoms with E-state index in [2.05, 4.69) is 5.32 Å². The summed E-state index contributed by atoms with van der Waals surface area (Å²) in [6.07, 6.45) is 10.1. The van der Waals surface area contributed by atoms with E-state index in [1.165, 1.54) is 25.3 Å². The van der Waals surface area contributed by atoms with Crippen LogP contribution in [0.5, 0.6) is 0 Å². The van der Waals surface area contributed by atoms with Crippen LogP contribution in [0.15, 0.2) is 24.4 Å². The summed E-state index contributed by atoms with van der Waals surface area (Å²) in [6.45, 7) is 0.225. The first-order valence-corrected chi connectivity index (χ1v) is 7.00. The molecule has 0 bridgehead atoms. The predicted molar refractivity (Wildman–Crippen MR) is 76.1 cm³/mol. The molecule has 0 atom stereocenters. The minimum atomic E-state index is -0.996. The topological polar surface area (TPSA) is 71.3 Å². The SMILES string of the molecule is O=C(O)/C=C/c1cccn1CC(=O)NC1CCCCC1. The van der Waals surface area contributed by atoms with Crippen LogP contribution in [0.4, 0.5) is 0 Å². The zero-order valence-corrected chi connectivity index (χ0v) is 11.4. The lowest BCUT2D eigenvalue weighted by molar-refractivity contribution is -0.131. The van der Waals surface area contributed by atoms with Crippen molar-refractivity contribution in [3.05, 3.63) is 30.1 Å². The first kappa shape index (κ1) is 14.4. The summed E-state index contributed by atoms with van der Waals surface area (Å²) < 4.78 is 1.75. The maximum atomic E-state index is 12.0. The van der Waals surface area contributed by atoms with Crippen molar-refractivity contribution in [2.45, 2.75) is 44.7 Å². The average Bonchev–Trinajstić information content (AvgIpc) is 2.84. The van der Waals surface area contributed by atoms with Crippen molar-refractivity contribution >= 4 is 18.0 Å². The van der Waals surface area contributed by atoms with Gasteiger partial charge in [-0.2, -0.15) is 0 Å². The highest BCUT2D eigenvalue weighted by atomic mass is 16.4. The fourth-order valence-electron chi connectivity index (χ4n) is 2.55. The van der Waals surface area contributed by atoms with Crippen molar-refractivity contribution in [1.29, 1.82) is 0 Å². The number of hydrogen-bond donors (Lipinski definition) is 2. The quantitative estimate of drug-likeness (QED) is 0.808. The first-order chi connectivity index (χ1) is 9.65. The Labute approximate surface area is 118 Å². The highest BCUT2D eigenvalue weighted by molar-refractivity contribution is 5.85. The summed E-state index contributed by atoms with van der Waals surface area (Å²) in [5, 5.41) is 11.7. The molecular formula is C15H20N2O3. The van der Waals surface area contributed by atoms with E-state index in [1.54, 1.807) is 22.9 Å². The Balaban J connectivity index is 1.90. The molecule has 0 saturated heterocycles. The second kappa shape index (κ2) is 6.93. The standard InChI is InChI=1S/C15H20N2O3/c18-14(16-12-5-2-1-3-6-12)11-17-10-4-7-13(17)8-9-15(19)20/h4,7-10,12H,1-3,5-6,11H2,(H,16,18)(H,19,20)/b9-8+. The van der Waals surface area contributed by atoms with E-state index in [0.717, 1.165) is 18.9 Å². The zero-order valence-electron chi connectivity index (χ0n) is 11.4. The third-order valence-electron chi connectivity index (χ3n) is 3.55. The van der Waals surface area contributed by atoms with Gasteiger partial charge in [-0.1, -0.05) is 19.3 Å². The maximum absolute atomic E-state index is 12.0. The molecule has 5 nitrogen and oxygen atoms in total. The molecule has 0 radical (unpaired) electrons. The van der Waals surface area contributed by atoms with E-state index < -0.39 is 5.97 Å². The monoisotopic (exact) mass is 276 g/mol. The van der Waals surface area contributed by atoms with Crippen molar-refractivity contribution < 1.29 is 14.7 Å². The molecule has 108 valence electrons. The molecule has 1 amide bonds. The molecule has 20 heavy (non-hydrogen) atoms. The third-order valence-corrected chi connectivity index (χ3v) is 3.55. The van der Waals surface area contributed by atoms with E-state index in [-0.39, 0.29) is 12.5 Å². The van der Waals surface area contributed by atoms with Gasteiger partial charge in [-0.15, -0.1) is 0 Å². The van der Waals surface area contributed by atoms with Crippen LogP contribution >= 0.6 is 0 Å². The summed E-state index contributed by atoms with van der Waals surface area (Å²) in [5.74, 6) is -1.01. The molecule has 0 unspecified atom stereocenters. The number of carbonyl (C=O) groups excluding carboxylic acids is 1. The minimum Gasteiger partial charge on any atom is -0.478 e. The smallest absolute Gasteiger partial charge is 0.328 e. The number of carbonyl (C=O) groups is 2. The van der Waals surface area contributed by atoms with Crippen LogP contribution in [-0.4, -0.2) is 27.6 Å². The normalized spacial score (nSPS) is 16.4. The van der Waals surface area contributed by atoms with Crippen molar-refractivity contribution in [3.63, 3.8) is 0 Å². The number of aliphatic carboxylic acids is 1. The second-order valence-corrected chi connectivity index (χ2v) is 5.13. The van der Waals surface area contributed by atoms with Gasteiger partial charge in [0.25, 0.3) is 0 Å². The number of amides is 1. The van der Waals surface area contributed by atoms with Crippen LogP contribution in [0, 0.1) is 0 Å². The number of carboxylic acids is 1. The predicted octanol–water partition coefficient (Wildman–Crippen LogP) is 2.03. The van der Waals surface area contributed by atoms with Gasteiger partial charge in [-0.3, -0.25) is 4.79 Å². The van der Waals surface area contributed by atoms with Crippen LogP contribution in [-0.2, 0) is 16.1 Å². The number of hydrogen-bond acceptors (Lipinski definition) is 2. The van der Waals surface area contributed by atoms with Gasteiger partial charge in [0.05, 0.1) is 0 Å².